The second-order valence-electron chi connectivity index (χ2n) is 8.93. The molecule has 1 amide bonds. The van der Waals surface area contributed by atoms with Crippen LogP contribution >= 0.6 is 0 Å². The van der Waals surface area contributed by atoms with Crippen molar-refractivity contribution in [3.8, 4) is 11.5 Å². The largest absolute Gasteiger partial charge is 0.490 e. The number of para-hydroxylation sites is 1. The molecule has 2 heterocycles. The minimum Gasteiger partial charge on any atom is -0.490 e. The summed E-state index contributed by atoms with van der Waals surface area (Å²) in [5.41, 5.74) is 2.98. The Bertz CT molecular complexity index is 1490. The number of carbonyl (C=O) groups excluding carboxylic acids is 1. The first-order chi connectivity index (χ1) is 17.5. The molecule has 1 unspecified atom stereocenters. The minimum absolute atomic E-state index is 0.0754. The highest BCUT2D eigenvalue weighted by atomic mass is 16.5. The van der Waals surface area contributed by atoms with Crippen LogP contribution in [0, 0.1) is 6.92 Å². The van der Waals surface area contributed by atoms with E-state index in [0.717, 1.165) is 24.0 Å². The zero-order valence-electron chi connectivity index (χ0n) is 20.7. The maximum atomic E-state index is 13.8. The Morgan fingerprint density at radius 2 is 1.75 bits per heavy atom. The molecule has 1 aliphatic heterocycles. The molecule has 0 bridgehead atoms. The van der Waals surface area contributed by atoms with Gasteiger partial charge in [0.15, 0.2) is 16.9 Å². The predicted octanol–water partition coefficient (Wildman–Crippen LogP) is 6.43. The van der Waals surface area contributed by atoms with Crippen LogP contribution in [0.25, 0.3) is 11.0 Å². The maximum absolute atomic E-state index is 13.8. The van der Waals surface area contributed by atoms with E-state index in [-0.39, 0.29) is 17.1 Å². The van der Waals surface area contributed by atoms with Crippen molar-refractivity contribution in [1.82, 2.24) is 0 Å². The Morgan fingerprint density at radius 3 is 2.53 bits per heavy atom. The van der Waals surface area contributed by atoms with Crippen molar-refractivity contribution in [3.63, 3.8) is 0 Å². The van der Waals surface area contributed by atoms with E-state index in [9.17, 15) is 9.59 Å². The van der Waals surface area contributed by atoms with Gasteiger partial charge in [-0.2, -0.15) is 0 Å². The van der Waals surface area contributed by atoms with Crippen molar-refractivity contribution in [2.75, 3.05) is 18.1 Å². The molecule has 184 valence electrons. The van der Waals surface area contributed by atoms with Crippen molar-refractivity contribution in [2.45, 2.75) is 39.7 Å². The van der Waals surface area contributed by atoms with Crippen LogP contribution in [0.3, 0.4) is 0 Å². The molecule has 1 atom stereocenters. The van der Waals surface area contributed by atoms with E-state index in [0.29, 0.717) is 46.9 Å². The molecule has 0 saturated heterocycles. The second-order valence-corrected chi connectivity index (χ2v) is 8.93. The van der Waals surface area contributed by atoms with E-state index < -0.39 is 6.04 Å². The molecule has 36 heavy (non-hydrogen) atoms. The lowest BCUT2D eigenvalue weighted by atomic mass is 9.97. The molecule has 1 aromatic heterocycles. The number of fused-ring (bicyclic) bond motifs is 2. The van der Waals surface area contributed by atoms with Gasteiger partial charge in [0.05, 0.1) is 30.2 Å². The Balaban J connectivity index is 1.71. The van der Waals surface area contributed by atoms with Crippen LogP contribution in [0.2, 0.25) is 0 Å². The van der Waals surface area contributed by atoms with E-state index in [1.807, 2.05) is 56.3 Å². The van der Waals surface area contributed by atoms with Gasteiger partial charge in [0, 0.05) is 5.69 Å². The lowest BCUT2D eigenvalue weighted by Gasteiger charge is -2.26. The Kier molecular flexibility index (Phi) is 6.51. The number of benzene rings is 3. The molecule has 1 aliphatic rings. The zero-order chi connectivity index (χ0) is 25.2. The standard InChI is InChI=1S/C30H29NO5/c1-4-6-16-35-24-15-14-20(18-25(24)34-5-2)27-26-28(32)22-12-7-8-13-23(22)36-29(26)30(33)31(27)21-11-9-10-19(3)17-21/h7-15,17-18,27H,4-6,16H2,1-3H3. The molecule has 3 aromatic carbocycles. The predicted molar refractivity (Wildman–Crippen MR) is 140 cm³/mol. The molecule has 4 aromatic rings. The quantitative estimate of drug-likeness (QED) is 0.270. The average Bonchev–Trinajstić information content (AvgIpc) is 3.18. The first-order valence-electron chi connectivity index (χ1n) is 12.4. The summed E-state index contributed by atoms with van der Waals surface area (Å²) in [7, 11) is 0. The number of nitrogens with zero attached hydrogens (tertiary/aromatic N) is 1. The van der Waals surface area contributed by atoms with E-state index in [1.165, 1.54) is 0 Å². The lowest BCUT2D eigenvalue weighted by molar-refractivity contribution is 0.0971. The van der Waals surface area contributed by atoms with Crippen LogP contribution in [0.4, 0.5) is 5.69 Å². The minimum atomic E-state index is -0.668. The van der Waals surface area contributed by atoms with Gasteiger partial charge in [-0.3, -0.25) is 14.5 Å². The highest BCUT2D eigenvalue weighted by Crippen LogP contribution is 2.43. The number of amides is 1. The number of carbonyl (C=O) groups is 1. The SMILES string of the molecule is CCCCOc1ccc(C2c3c(oc4ccccc4c3=O)C(=O)N2c2cccc(C)c2)cc1OCC. The molecule has 6 nitrogen and oxygen atoms in total. The number of hydrogen-bond acceptors (Lipinski definition) is 5. The van der Waals surface area contributed by atoms with E-state index in [4.69, 9.17) is 13.9 Å². The molecule has 0 radical (unpaired) electrons. The van der Waals surface area contributed by atoms with Crippen molar-refractivity contribution in [2.24, 2.45) is 0 Å². The van der Waals surface area contributed by atoms with Crippen LogP contribution < -0.4 is 19.8 Å². The van der Waals surface area contributed by atoms with E-state index in [2.05, 4.69) is 6.92 Å². The molecular formula is C30H29NO5. The Hall–Kier alpha value is -4.06. The summed E-state index contributed by atoms with van der Waals surface area (Å²) in [6.07, 6.45) is 1.96. The summed E-state index contributed by atoms with van der Waals surface area (Å²) in [5, 5.41) is 0.449. The van der Waals surface area contributed by atoms with Gasteiger partial charge in [0.25, 0.3) is 5.91 Å². The van der Waals surface area contributed by atoms with Crippen LogP contribution in [0.5, 0.6) is 11.5 Å². The molecule has 0 spiro atoms. The summed E-state index contributed by atoms with van der Waals surface area (Å²) in [4.78, 5) is 29.2. The summed E-state index contributed by atoms with van der Waals surface area (Å²) in [6, 6.07) is 19.7. The maximum Gasteiger partial charge on any atom is 0.295 e. The third-order valence-electron chi connectivity index (χ3n) is 6.40. The van der Waals surface area contributed by atoms with Gasteiger partial charge in [-0.15, -0.1) is 0 Å². The fourth-order valence-electron chi connectivity index (χ4n) is 4.69. The van der Waals surface area contributed by atoms with Crippen molar-refractivity contribution >= 4 is 22.6 Å². The number of rotatable bonds is 8. The number of unbranched alkanes of at least 4 members (excludes halogenated alkanes) is 1. The molecule has 0 saturated carbocycles. The zero-order valence-corrected chi connectivity index (χ0v) is 20.7. The highest BCUT2D eigenvalue weighted by molar-refractivity contribution is 6.10. The molecule has 0 aliphatic carbocycles. The average molecular weight is 484 g/mol. The summed E-state index contributed by atoms with van der Waals surface area (Å²) in [5.74, 6) is 0.962. The molecule has 5 rings (SSSR count). The molecule has 0 N–H and O–H groups in total. The fraction of sp³-hybridized carbons (Fsp3) is 0.267. The van der Waals surface area contributed by atoms with Gasteiger partial charge in [0.2, 0.25) is 5.76 Å². The number of aryl methyl sites for hydroxylation is 1. The van der Waals surface area contributed by atoms with Crippen LogP contribution in [0.15, 0.2) is 75.9 Å². The molecule has 0 fully saturated rings. The number of hydrogen-bond donors (Lipinski definition) is 0. The highest BCUT2D eigenvalue weighted by Gasteiger charge is 2.44. The van der Waals surface area contributed by atoms with Crippen LogP contribution in [-0.2, 0) is 0 Å². The van der Waals surface area contributed by atoms with Gasteiger partial charge in [-0.05, 0) is 67.8 Å². The third-order valence-corrected chi connectivity index (χ3v) is 6.40. The lowest BCUT2D eigenvalue weighted by Crippen LogP contribution is -2.29. The van der Waals surface area contributed by atoms with Crippen LogP contribution in [-0.4, -0.2) is 19.1 Å². The first-order valence-corrected chi connectivity index (χ1v) is 12.4. The van der Waals surface area contributed by atoms with Gasteiger partial charge >= 0.3 is 0 Å². The summed E-state index contributed by atoms with van der Waals surface area (Å²) >= 11 is 0. The topological polar surface area (TPSA) is 69.0 Å². The normalized spacial score (nSPS) is 14.8. The molecular weight excluding hydrogens is 454 g/mol. The van der Waals surface area contributed by atoms with Crippen molar-refractivity contribution < 1.29 is 18.7 Å². The van der Waals surface area contributed by atoms with Gasteiger partial charge in [-0.25, -0.2) is 0 Å². The van der Waals surface area contributed by atoms with Gasteiger partial charge in [0.1, 0.15) is 5.58 Å². The number of ether oxygens (including phenoxy) is 2. The monoisotopic (exact) mass is 483 g/mol. The first kappa shape index (κ1) is 23.7. The molecule has 6 heteroatoms. The van der Waals surface area contributed by atoms with Crippen molar-refractivity contribution in [3.05, 3.63) is 99.4 Å². The van der Waals surface area contributed by atoms with E-state index in [1.54, 1.807) is 29.2 Å². The fourth-order valence-corrected chi connectivity index (χ4v) is 4.69. The Labute approximate surface area is 210 Å². The second kappa shape index (κ2) is 9.90. The van der Waals surface area contributed by atoms with Crippen molar-refractivity contribution in [1.29, 1.82) is 0 Å². The van der Waals surface area contributed by atoms with E-state index >= 15 is 0 Å². The number of anilines is 1. The summed E-state index contributed by atoms with van der Waals surface area (Å²) in [6.45, 7) is 7.05. The Morgan fingerprint density at radius 1 is 0.917 bits per heavy atom. The van der Waals surface area contributed by atoms with Crippen LogP contribution in [0.1, 0.15) is 60.0 Å². The van der Waals surface area contributed by atoms with Gasteiger partial charge in [-0.1, -0.05) is 43.7 Å². The smallest absolute Gasteiger partial charge is 0.295 e. The van der Waals surface area contributed by atoms with Gasteiger partial charge < -0.3 is 13.9 Å². The summed E-state index contributed by atoms with van der Waals surface area (Å²) < 4.78 is 17.9. The third kappa shape index (κ3) is 4.13.